The van der Waals surface area contributed by atoms with Crippen molar-refractivity contribution >= 4 is 46.6 Å². The van der Waals surface area contributed by atoms with Crippen LogP contribution < -0.4 is 5.32 Å². The fourth-order valence-corrected chi connectivity index (χ4v) is 7.12. The Labute approximate surface area is 191 Å². The lowest BCUT2D eigenvalue weighted by Crippen LogP contribution is -2.44. The smallest absolute Gasteiger partial charge is 0.233 e. The Bertz CT molecular complexity index is 980. The first-order valence-electron chi connectivity index (χ1n) is 11.3. The van der Waals surface area contributed by atoms with Gasteiger partial charge in [0.1, 0.15) is 0 Å². The minimum absolute atomic E-state index is 0.0401. The molecule has 4 fully saturated rings. The molecule has 7 heteroatoms. The summed E-state index contributed by atoms with van der Waals surface area (Å²) in [6, 6.07) is 5.07. The van der Waals surface area contributed by atoms with Crippen molar-refractivity contribution < 1.29 is 14.4 Å². The predicted octanol–water partition coefficient (Wildman–Crippen LogP) is 4.54. The van der Waals surface area contributed by atoms with Crippen molar-refractivity contribution in [3.05, 3.63) is 40.4 Å². The van der Waals surface area contributed by atoms with E-state index in [0.29, 0.717) is 53.3 Å². The summed E-state index contributed by atoms with van der Waals surface area (Å²) in [5, 5.41) is 3.62. The van der Waals surface area contributed by atoms with Gasteiger partial charge in [-0.05, 0) is 67.9 Å². The zero-order chi connectivity index (χ0) is 21.4. The molecule has 3 amide bonds. The van der Waals surface area contributed by atoms with Crippen LogP contribution in [0.1, 0.15) is 32.1 Å². The van der Waals surface area contributed by atoms with Gasteiger partial charge in [0.2, 0.25) is 17.7 Å². The molecule has 0 aromatic heterocycles. The van der Waals surface area contributed by atoms with Gasteiger partial charge in [-0.2, -0.15) is 0 Å². The van der Waals surface area contributed by atoms with Crippen molar-refractivity contribution in [3.63, 3.8) is 0 Å². The topological polar surface area (TPSA) is 66.5 Å². The van der Waals surface area contributed by atoms with Crippen LogP contribution in [0.25, 0.3) is 0 Å². The highest BCUT2D eigenvalue weighted by atomic mass is 35.5. The number of anilines is 1. The van der Waals surface area contributed by atoms with Crippen LogP contribution >= 0.6 is 23.2 Å². The summed E-state index contributed by atoms with van der Waals surface area (Å²) in [5.41, 5.74) is 0.511. The molecule has 2 bridgehead atoms. The number of allylic oxidation sites excluding steroid dienone is 2. The second-order valence-electron chi connectivity index (χ2n) is 9.80. The number of carbonyl (C=O) groups is 3. The van der Waals surface area contributed by atoms with E-state index in [-0.39, 0.29) is 53.4 Å². The summed E-state index contributed by atoms with van der Waals surface area (Å²) in [6.07, 6.45) is 8.23. The third kappa shape index (κ3) is 2.92. The second kappa shape index (κ2) is 7.08. The average Bonchev–Trinajstić information content (AvgIpc) is 3.55. The second-order valence-corrected chi connectivity index (χ2v) is 10.6. The minimum atomic E-state index is -0.160. The van der Waals surface area contributed by atoms with Crippen LogP contribution in [0.15, 0.2) is 30.4 Å². The first-order valence-corrected chi connectivity index (χ1v) is 12.0. The van der Waals surface area contributed by atoms with Crippen molar-refractivity contribution in [2.75, 3.05) is 5.32 Å². The van der Waals surface area contributed by atoms with Crippen LogP contribution in [0.3, 0.4) is 0 Å². The molecule has 1 aromatic carbocycles. The van der Waals surface area contributed by atoms with E-state index >= 15 is 0 Å². The van der Waals surface area contributed by atoms with Gasteiger partial charge in [0.25, 0.3) is 0 Å². The van der Waals surface area contributed by atoms with E-state index in [4.69, 9.17) is 23.2 Å². The number of carbonyl (C=O) groups excluding carboxylic acids is 3. The van der Waals surface area contributed by atoms with E-state index in [9.17, 15) is 14.4 Å². The molecule has 162 valence electrons. The molecule has 0 unspecified atom stereocenters. The number of nitrogens with zero attached hydrogens (tertiary/aromatic N) is 1. The molecule has 1 aromatic rings. The van der Waals surface area contributed by atoms with Gasteiger partial charge in [-0.1, -0.05) is 41.4 Å². The molecule has 1 saturated heterocycles. The summed E-state index contributed by atoms with van der Waals surface area (Å²) >= 11 is 12.2. The highest BCUT2D eigenvalue weighted by molar-refractivity contribution is 6.44. The molecule has 5 aliphatic carbocycles. The third-order valence-corrected chi connectivity index (χ3v) is 9.16. The van der Waals surface area contributed by atoms with Gasteiger partial charge in [0.15, 0.2) is 0 Å². The number of hydrogen-bond donors (Lipinski definition) is 1. The first kappa shape index (κ1) is 19.8. The molecule has 0 spiro atoms. The lowest BCUT2D eigenvalue weighted by Gasteiger charge is -2.37. The molecule has 1 aliphatic heterocycles. The van der Waals surface area contributed by atoms with Crippen molar-refractivity contribution in [1.82, 2.24) is 4.90 Å². The monoisotopic (exact) mass is 458 g/mol. The molecule has 1 N–H and O–H groups in total. The van der Waals surface area contributed by atoms with Gasteiger partial charge >= 0.3 is 0 Å². The van der Waals surface area contributed by atoms with E-state index in [1.807, 2.05) is 0 Å². The van der Waals surface area contributed by atoms with Gasteiger partial charge in [-0.15, -0.1) is 0 Å². The maximum Gasteiger partial charge on any atom is 0.233 e. The van der Waals surface area contributed by atoms with Crippen LogP contribution in [0, 0.1) is 41.4 Å². The maximum atomic E-state index is 13.3. The number of likely N-dealkylation sites (tertiary alicyclic amines) is 1. The summed E-state index contributed by atoms with van der Waals surface area (Å²) in [5.74, 6) is 1.30. The van der Waals surface area contributed by atoms with Crippen molar-refractivity contribution in [3.8, 4) is 0 Å². The fourth-order valence-electron chi connectivity index (χ4n) is 6.77. The standard InChI is InChI=1S/C24H24Cl2N2O3/c25-17-2-1-3-18(21(17)26)27-22(29)11-4-6-12(7-5-11)28-23(30)19-13-8-9-14(16-10-15(13)16)20(19)24(28)31/h1-3,8-9,11-16,19-20H,4-7,10H2,(H,27,29)/t11?,12?,13-,14+,15-,16-,19+,20-/m1/s1. The number of imide groups is 1. The van der Waals surface area contributed by atoms with E-state index in [0.717, 1.165) is 0 Å². The molecule has 3 saturated carbocycles. The molecule has 31 heavy (non-hydrogen) atoms. The lowest BCUT2D eigenvalue weighted by molar-refractivity contribution is -0.144. The molecule has 6 atom stereocenters. The first-order chi connectivity index (χ1) is 15.0. The van der Waals surface area contributed by atoms with Crippen molar-refractivity contribution in [1.29, 1.82) is 0 Å². The summed E-state index contributed by atoms with van der Waals surface area (Å²) in [4.78, 5) is 40.9. The van der Waals surface area contributed by atoms with Gasteiger partial charge in [0.05, 0.1) is 27.6 Å². The molecule has 1 heterocycles. The van der Waals surface area contributed by atoms with Crippen LogP contribution in [0.5, 0.6) is 0 Å². The highest BCUT2D eigenvalue weighted by Crippen LogP contribution is 2.65. The van der Waals surface area contributed by atoms with E-state index in [2.05, 4.69) is 17.5 Å². The summed E-state index contributed by atoms with van der Waals surface area (Å²) < 4.78 is 0. The van der Waals surface area contributed by atoms with Crippen molar-refractivity contribution in [2.45, 2.75) is 38.1 Å². The maximum absolute atomic E-state index is 13.3. The van der Waals surface area contributed by atoms with Gasteiger partial charge < -0.3 is 5.32 Å². The zero-order valence-corrected chi connectivity index (χ0v) is 18.5. The Kier molecular flexibility index (Phi) is 4.52. The zero-order valence-electron chi connectivity index (χ0n) is 17.0. The number of benzene rings is 1. The Morgan fingerprint density at radius 3 is 2.16 bits per heavy atom. The predicted molar refractivity (Wildman–Crippen MR) is 117 cm³/mol. The minimum Gasteiger partial charge on any atom is -0.324 e. The van der Waals surface area contributed by atoms with E-state index in [1.54, 1.807) is 23.1 Å². The Hall–Kier alpha value is -1.85. The fraction of sp³-hybridized carbons (Fsp3) is 0.542. The molecule has 0 radical (unpaired) electrons. The largest absolute Gasteiger partial charge is 0.324 e. The van der Waals surface area contributed by atoms with Crippen LogP contribution in [0.2, 0.25) is 10.0 Å². The van der Waals surface area contributed by atoms with E-state index in [1.165, 1.54) is 6.42 Å². The molecule has 5 nitrogen and oxygen atoms in total. The lowest BCUT2D eigenvalue weighted by atomic mass is 9.63. The van der Waals surface area contributed by atoms with Crippen LogP contribution in [-0.4, -0.2) is 28.7 Å². The summed E-state index contributed by atoms with van der Waals surface area (Å²) in [6.45, 7) is 0. The number of nitrogens with one attached hydrogen (secondary N) is 1. The number of rotatable bonds is 3. The van der Waals surface area contributed by atoms with E-state index < -0.39 is 0 Å². The van der Waals surface area contributed by atoms with Crippen LogP contribution in [0.4, 0.5) is 5.69 Å². The van der Waals surface area contributed by atoms with Gasteiger partial charge in [0, 0.05) is 12.0 Å². The van der Waals surface area contributed by atoms with Crippen LogP contribution in [-0.2, 0) is 14.4 Å². The number of halogens is 2. The Balaban J connectivity index is 1.12. The molecular weight excluding hydrogens is 435 g/mol. The third-order valence-electron chi connectivity index (χ3n) is 8.34. The highest BCUT2D eigenvalue weighted by Gasteiger charge is 2.67. The Morgan fingerprint density at radius 1 is 0.935 bits per heavy atom. The normalized spacial score (nSPS) is 40.0. The summed E-state index contributed by atoms with van der Waals surface area (Å²) in [7, 11) is 0. The number of amides is 3. The molecule has 7 rings (SSSR count). The average molecular weight is 459 g/mol. The quantitative estimate of drug-likeness (QED) is 0.533. The van der Waals surface area contributed by atoms with Crippen molar-refractivity contribution in [2.24, 2.45) is 41.4 Å². The SMILES string of the molecule is O=C(Nc1cccc(Cl)c1Cl)C1CCC(N2C(=O)[C@@H]3[C@H]4C=C[C@H]([C@H]5C[C@H]45)[C@@H]3C2=O)CC1. The van der Waals surface area contributed by atoms with Gasteiger partial charge in [-0.3, -0.25) is 19.3 Å². The Morgan fingerprint density at radius 2 is 1.55 bits per heavy atom. The molecule has 6 aliphatic rings. The molecular formula is C24H24Cl2N2O3. The van der Waals surface area contributed by atoms with Gasteiger partial charge in [-0.25, -0.2) is 0 Å². The number of hydrogen-bond acceptors (Lipinski definition) is 3.